The number of aromatic amines is 2. The third kappa shape index (κ3) is 3.35. The van der Waals surface area contributed by atoms with Gasteiger partial charge in [-0.1, -0.05) is 0 Å². The van der Waals surface area contributed by atoms with E-state index in [2.05, 4.69) is 20.3 Å². The first-order valence-electron chi connectivity index (χ1n) is 8.21. The minimum atomic E-state index is -0.999. The highest BCUT2D eigenvalue weighted by Crippen LogP contribution is 2.23. The van der Waals surface area contributed by atoms with Gasteiger partial charge in [0.2, 0.25) is 0 Å². The van der Waals surface area contributed by atoms with Crippen LogP contribution >= 0.6 is 11.3 Å². The normalized spacial score (nSPS) is 12.5. The summed E-state index contributed by atoms with van der Waals surface area (Å²) in [6, 6.07) is 6.84. The standard InChI is InChI=1S/C18H16N4O4S/c23-6-11(24)5-19-17(25)9-1-2-12-10(3-9)4-13(20-12)16-18(26)22-15-8-27-7-14(15)21-16/h1-4,7-8,11,20,23-24H,5-6H2,(H,19,25)(H,22,26). The van der Waals surface area contributed by atoms with Gasteiger partial charge in [0.05, 0.1) is 29.4 Å². The zero-order chi connectivity index (χ0) is 19.0. The van der Waals surface area contributed by atoms with Crippen LogP contribution in [0, 0.1) is 0 Å². The zero-order valence-corrected chi connectivity index (χ0v) is 14.8. The lowest BCUT2D eigenvalue weighted by Crippen LogP contribution is -2.33. The number of carbonyl (C=O) groups excluding carboxylic acids is 1. The van der Waals surface area contributed by atoms with E-state index < -0.39 is 12.7 Å². The van der Waals surface area contributed by atoms with Crippen molar-refractivity contribution in [1.82, 2.24) is 20.3 Å². The maximum atomic E-state index is 12.3. The summed E-state index contributed by atoms with van der Waals surface area (Å²) in [6.07, 6.45) is -0.999. The molecule has 0 fully saturated rings. The molecule has 0 saturated heterocycles. The van der Waals surface area contributed by atoms with Crippen molar-refractivity contribution in [2.45, 2.75) is 6.10 Å². The van der Waals surface area contributed by atoms with E-state index in [9.17, 15) is 14.7 Å². The Morgan fingerprint density at radius 3 is 2.89 bits per heavy atom. The van der Waals surface area contributed by atoms with Crippen LogP contribution in [0.2, 0.25) is 0 Å². The Balaban J connectivity index is 1.67. The molecule has 8 nitrogen and oxygen atoms in total. The largest absolute Gasteiger partial charge is 0.394 e. The van der Waals surface area contributed by atoms with Crippen LogP contribution in [-0.4, -0.2) is 50.3 Å². The lowest BCUT2D eigenvalue weighted by atomic mass is 10.1. The van der Waals surface area contributed by atoms with Gasteiger partial charge in [-0.15, -0.1) is 11.3 Å². The number of hydrogen-bond donors (Lipinski definition) is 5. The van der Waals surface area contributed by atoms with Crippen molar-refractivity contribution in [2.75, 3.05) is 13.2 Å². The Bertz CT molecular complexity index is 1190. The first-order valence-corrected chi connectivity index (χ1v) is 9.16. The number of fused-ring (bicyclic) bond motifs is 2. The highest BCUT2D eigenvalue weighted by Gasteiger charge is 2.13. The zero-order valence-electron chi connectivity index (χ0n) is 14.0. The first-order chi connectivity index (χ1) is 13.0. The molecule has 4 aromatic rings. The fourth-order valence-electron chi connectivity index (χ4n) is 2.78. The van der Waals surface area contributed by atoms with Crippen molar-refractivity contribution < 1.29 is 15.0 Å². The average Bonchev–Trinajstić information content (AvgIpc) is 3.30. The molecule has 138 valence electrons. The Morgan fingerprint density at radius 2 is 2.07 bits per heavy atom. The minimum absolute atomic E-state index is 0.0360. The fraction of sp³-hybridized carbons (Fsp3) is 0.167. The number of benzene rings is 1. The SMILES string of the molecule is O=C(NCC(O)CO)c1ccc2[nH]c(-c3nc4cscc4[nH]c3=O)cc2c1. The quantitative estimate of drug-likeness (QED) is 0.353. The van der Waals surface area contributed by atoms with Crippen LogP contribution in [0.25, 0.3) is 33.3 Å². The monoisotopic (exact) mass is 384 g/mol. The Kier molecular flexibility index (Phi) is 4.48. The molecule has 0 spiro atoms. The number of hydrogen-bond acceptors (Lipinski definition) is 6. The third-order valence-electron chi connectivity index (χ3n) is 4.18. The maximum Gasteiger partial charge on any atom is 0.276 e. The van der Waals surface area contributed by atoms with Gasteiger partial charge in [-0.2, -0.15) is 0 Å². The number of amides is 1. The van der Waals surface area contributed by atoms with E-state index in [0.29, 0.717) is 16.8 Å². The molecule has 3 aromatic heterocycles. The van der Waals surface area contributed by atoms with Gasteiger partial charge < -0.3 is 25.5 Å². The number of H-pyrrole nitrogens is 2. The molecule has 27 heavy (non-hydrogen) atoms. The van der Waals surface area contributed by atoms with E-state index in [4.69, 9.17) is 5.11 Å². The maximum absolute atomic E-state index is 12.3. The van der Waals surface area contributed by atoms with Gasteiger partial charge in [0.25, 0.3) is 11.5 Å². The summed E-state index contributed by atoms with van der Waals surface area (Å²) >= 11 is 1.46. The highest BCUT2D eigenvalue weighted by atomic mass is 32.1. The highest BCUT2D eigenvalue weighted by molar-refractivity contribution is 7.09. The van der Waals surface area contributed by atoms with Gasteiger partial charge in [0.15, 0.2) is 5.69 Å². The van der Waals surface area contributed by atoms with E-state index in [-0.39, 0.29) is 23.7 Å². The average molecular weight is 384 g/mol. The number of carbonyl (C=O) groups is 1. The van der Waals surface area contributed by atoms with Crippen molar-refractivity contribution >= 4 is 39.2 Å². The molecule has 1 aromatic carbocycles. The predicted octanol–water partition coefficient (Wildman–Crippen LogP) is 1.22. The molecule has 0 bridgehead atoms. The number of aromatic nitrogens is 3. The topological polar surface area (TPSA) is 131 Å². The summed E-state index contributed by atoms with van der Waals surface area (Å²) in [5.74, 6) is -0.359. The summed E-state index contributed by atoms with van der Waals surface area (Å²) in [7, 11) is 0. The summed E-state index contributed by atoms with van der Waals surface area (Å²) in [6.45, 7) is -0.456. The van der Waals surface area contributed by atoms with Crippen LogP contribution in [0.3, 0.4) is 0 Å². The second kappa shape index (κ2) is 6.95. The van der Waals surface area contributed by atoms with Gasteiger partial charge in [-0.05, 0) is 24.3 Å². The lowest BCUT2D eigenvalue weighted by molar-refractivity contribution is 0.0802. The van der Waals surface area contributed by atoms with Crippen LogP contribution in [0.1, 0.15) is 10.4 Å². The lowest BCUT2D eigenvalue weighted by Gasteiger charge is -2.08. The number of aliphatic hydroxyl groups is 2. The van der Waals surface area contributed by atoms with Crippen molar-refractivity contribution in [1.29, 1.82) is 0 Å². The van der Waals surface area contributed by atoms with Crippen molar-refractivity contribution in [3.8, 4) is 11.4 Å². The van der Waals surface area contributed by atoms with Crippen molar-refractivity contribution in [3.63, 3.8) is 0 Å². The molecule has 0 aliphatic rings. The molecule has 0 aliphatic carbocycles. The second-order valence-electron chi connectivity index (χ2n) is 6.12. The molecule has 1 amide bonds. The van der Waals surface area contributed by atoms with Crippen LogP contribution in [0.5, 0.6) is 0 Å². The summed E-state index contributed by atoms with van der Waals surface area (Å²) in [4.78, 5) is 34.9. The molecule has 0 saturated carbocycles. The molecule has 4 rings (SSSR count). The van der Waals surface area contributed by atoms with Crippen LogP contribution < -0.4 is 10.9 Å². The van der Waals surface area contributed by atoms with E-state index in [1.807, 2.05) is 10.8 Å². The number of thiophene rings is 1. The molecule has 5 N–H and O–H groups in total. The van der Waals surface area contributed by atoms with E-state index in [1.54, 1.807) is 24.3 Å². The molecule has 1 atom stereocenters. The van der Waals surface area contributed by atoms with E-state index >= 15 is 0 Å². The van der Waals surface area contributed by atoms with Gasteiger partial charge in [-0.25, -0.2) is 4.98 Å². The Morgan fingerprint density at radius 1 is 1.22 bits per heavy atom. The number of nitrogens with zero attached hydrogens (tertiary/aromatic N) is 1. The molecular weight excluding hydrogens is 368 g/mol. The summed E-state index contributed by atoms with van der Waals surface area (Å²) in [5, 5.41) is 25.1. The minimum Gasteiger partial charge on any atom is -0.394 e. The third-order valence-corrected chi connectivity index (χ3v) is 4.92. The second-order valence-corrected chi connectivity index (χ2v) is 6.86. The van der Waals surface area contributed by atoms with Crippen LogP contribution in [-0.2, 0) is 0 Å². The smallest absolute Gasteiger partial charge is 0.276 e. The van der Waals surface area contributed by atoms with Gasteiger partial charge >= 0.3 is 0 Å². The molecular formula is C18H16N4O4S. The van der Waals surface area contributed by atoms with E-state index in [0.717, 1.165) is 16.4 Å². The van der Waals surface area contributed by atoms with Crippen LogP contribution in [0.15, 0.2) is 39.8 Å². The van der Waals surface area contributed by atoms with Gasteiger partial charge in [0, 0.05) is 33.8 Å². The van der Waals surface area contributed by atoms with Crippen molar-refractivity contribution in [2.24, 2.45) is 0 Å². The first kappa shape index (κ1) is 17.4. The predicted molar refractivity (Wildman–Crippen MR) is 103 cm³/mol. The number of aliphatic hydroxyl groups excluding tert-OH is 2. The molecule has 0 radical (unpaired) electrons. The van der Waals surface area contributed by atoms with E-state index in [1.165, 1.54) is 11.3 Å². The molecule has 1 unspecified atom stereocenters. The Hall–Kier alpha value is -3.01. The summed E-state index contributed by atoms with van der Waals surface area (Å²) in [5.41, 5.74) is 3.16. The van der Waals surface area contributed by atoms with Crippen molar-refractivity contribution in [3.05, 3.63) is 50.9 Å². The molecule has 3 heterocycles. The Labute approximate surface area is 156 Å². The van der Waals surface area contributed by atoms with Crippen LogP contribution in [0.4, 0.5) is 0 Å². The molecule has 9 heteroatoms. The van der Waals surface area contributed by atoms with Gasteiger partial charge in [0.1, 0.15) is 0 Å². The summed E-state index contributed by atoms with van der Waals surface area (Å²) < 4.78 is 0. The molecule has 0 aliphatic heterocycles. The number of rotatable bonds is 5. The van der Waals surface area contributed by atoms with Gasteiger partial charge in [-0.3, -0.25) is 9.59 Å². The fourth-order valence-corrected chi connectivity index (χ4v) is 3.48. The number of nitrogens with one attached hydrogen (secondary N) is 3.